The number of non-ortho nitro benzene ring substituents is 1. The first kappa shape index (κ1) is 21.9. The fraction of sp³-hybridized carbons (Fsp3) is 0.211. The molecule has 0 spiro atoms. The van der Waals surface area contributed by atoms with Gasteiger partial charge >= 0.3 is 0 Å². The Morgan fingerprint density at radius 3 is 2.58 bits per heavy atom. The number of pyridine rings is 1. The number of nitro groups is 1. The van der Waals surface area contributed by atoms with Crippen molar-refractivity contribution >= 4 is 33.3 Å². The summed E-state index contributed by atoms with van der Waals surface area (Å²) in [7, 11) is 0.391. The molecule has 3 aromatic rings. The molecule has 162 valence electrons. The highest BCUT2D eigenvalue weighted by Crippen LogP contribution is 2.24. The SMILES string of the molecule is Cc1ccc([N+](=O)[O-])cc1S(=O)(=O)N(C)/N=C/c1cnn2ccc(C(=O)N(C)C)cc12. The van der Waals surface area contributed by atoms with E-state index in [2.05, 4.69) is 10.2 Å². The largest absolute Gasteiger partial charge is 0.345 e. The Hall–Kier alpha value is -3.80. The number of fused-ring (bicyclic) bond motifs is 1. The Kier molecular flexibility index (Phi) is 5.75. The van der Waals surface area contributed by atoms with Crippen molar-refractivity contribution in [3.63, 3.8) is 0 Å². The van der Waals surface area contributed by atoms with E-state index in [1.165, 1.54) is 41.0 Å². The molecule has 31 heavy (non-hydrogen) atoms. The van der Waals surface area contributed by atoms with Crippen LogP contribution in [0.2, 0.25) is 0 Å². The lowest BCUT2D eigenvalue weighted by Gasteiger charge is -2.15. The Morgan fingerprint density at radius 1 is 1.23 bits per heavy atom. The maximum Gasteiger partial charge on any atom is 0.279 e. The number of nitro benzene ring substituents is 1. The number of rotatable bonds is 6. The van der Waals surface area contributed by atoms with Crippen LogP contribution in [-0.4, -0.2) is 65.5 Å². The van der Waals surface area contributed by atoms with Gasteiger partial charge in [-0.15, -0.1) is 0 Å². The molecule has 0 aliphatic heterocycles. The number of aryl methyl sites for hydroxylation is 1. The van der Waals surface area contributed by atoms with Gasteiger partial charge in [0.2, 0.25) is 0 Å². The molecule has 1 amide bonds. The molecule has 0 aliphatic rings. The quantitative estimate of drug-likeness (QED) is 0.324. The maximum absolute atomic E-state index is 12.9. The van der Waals surface area contributed by atoms with E-state index in [1.54, 1.807) is 39.3 Å². The van der Waals surface area contributed by atoms with Crippen LogP contribution in [0.5, 0.6) is 0 Å². The second-order valence-electron chi connectivity index (χ2n) is 6.94. The van der Waals surface area contributed by atoms with Gasteiger partial charge in [0, 0.05) is 50.6 Å². The van der Waals surface area contributed by atoms with Crippen LogP contribution in [0.15, 0.2) is 52.7 Å². The Labute approximate surface area is 178 Å². The molecular formula is C19H20N6O5S. The predicted octanol–water partition coefficient (Wildman–Crippen LogP) is 1.91. The van der Waals surface area contributed by atoms with Gasteiger partial charge in [0.1, 0.15) is 0 Å². The summed E-state index contributed by atoms with van der Waals surface area (Å²) in [5.41, 5.74) is 1.53. The molecule has 0 N–H and O–H groups in total. The van der Waals surface area contributed by atoms with Crippen molar-refractivity contribution in [1.82, 2.24) is 18.9 Å². The molecule has 2 heterocycles. The lowest BCUT2D eigenvalue weighted by atomic mass is 10.2. The molecule has 3 rings (SSSR count). The highest BCUT2D eigenvalue weighted by Gasteiger charge is 2.24. The van der Waals surface area contributed by atoms with Crippen LogP contribution in [0, 0.1) is 17.0 Å². The van der Waals surface area contributed by atoms with Crippen LogP contribution in [0.4, 0.5) is 5.69 Å². The number of sulfonamides is 1. The zero-order valence-corrected chi connectivity index (χ0v) is 18.1. The van der Waals surface area contributed by atoms with E-state index in [4.69, 9.17) is 0 Å². The molecule has 0 saturated heterocycles. The van der Waals surface area contributed by atoms with E-state index < -0.39 is 14.9 Å². The number of carbonyl (C=O) groups is 1. The van der Waals surface area contributed by atoms with E-state index >= 15 is 0 Å². The smallest absolute Gasteiger partial charge is 0.279 e. The van der Waals surface area contributed by atoms with Gasteiger partial charge in [0.05, 0.1) is 27.7 Å². The van der Waals surface area contributed by atoms with Gasteiger partial charge in [-0.25, -0.2) is 4.52 Å². The van der Waals surface area contributed by atoms with Crippen molar-refractivity contribution in [2.75, 3.05) is 21.1 Å². The standard InChI is InChI=1S/C19H20N6O5S/c1-13-5-6-16(25(27)28)10-18(13)31(29,30)23(4)20-11-15-12-21-24-8-7-14(9-17(15)24)19(26)22(2)3/h5-12H,1-4H3/b20-11+. The topological polar surface area (TPSA) is 130 Å². The molecule has 0 aliphatic carbocycles. The minimum absolute atomic E-state index is 0.188. The number of hydrogen-bond acceptors (Lipinski definition) is 7. The third-order valence-corrected chi connectivity index (χ3v) is 6.36. The van der Waals surface area contributed by atoms with Crippen molar-refractivity contribution in [2.24, 2.45) is 5.10 Å². The molecule has 0 unspecified atom stereocenters. The molecule has 2 aromatic heterocycles. The van der Waals surface area contributed by atoms with Gasteiger partial charge in [-0.1, -0.05) is 6.07 Å². The molecule has 0 bridgehead atoms. The zero-order valence-electron chi connectivity index (χ0n) is 17.3. The third kappa shape index (κ3) is 4.23. The zero-order chi connectivity index (χ0) is 22.9. The van der Waals surface area contributed by atoms with Crippen LogP contribution in [0.3, 0.4) is 0 Å². The minimum atomic E-state index is -4.12. The van der Waals surface area contributed by atoms with Gasteiger partial charge in [0.25, 0.3) is 21.6 Å². The summed E-state index contributed by atoms with van der Waals surface area (Å²) in [6.45, 7) is 1.54. The van der Waals surface area contributed by atoms with Crippen LogP contribution < -0.4 is 0 Å². The predicted molar refractivity (Wildman–Crippen MR) is 114 cm³/mol. The van der Waals surface area contributed by atoms with Crippen molar-refractivity contribution < 1.29 is 18.1 Å². The summed E-state index contributed by atoms with van der Waals surface area (Å²) in [5, 5.41) is 19.2. The number of hydrogen-bond donors (Lipinski definition) is 0. The number of benzene rings is 1. The second-order valence-corrected chi connectivity index (χ2v) is 8.85. The fourth-order valence-corrected chi connectivity index (χ4v) is 4.02. The van der Waals surface area contributed by atoms with E-state index in [-0.39, 0.29) is 16.5 Å². The highest BCUT2D eigenvalue weighted by atomic mass is 32.2. The fourth-order valence-electron chi connectivity index (χ4n) is 2.82. The summed E-state index contributed by atoms with van der Waals surface area (Å²) in [4.78, 5) is 23.8. The summed E-state index contributed by atoms with van der Waals surface area (Å²) < 4.78 is 28.0. The highest BCUT2D eigenvalue weighted by molar-refractivity contribution is 7.89. The van der Waals surface area contributed by atoms with E-state index in [0.717, 1.165) is 10.5 Å². The third-order valence-electron chi connectivity index (χ3n) is 4.57. The van der Waals surface area contributed by atoms with Crippen LogP contribution >= 0.6 is 0 Å². The molecule has 0 saturated carbocycles. The van der Waals surface area contributed by atoms with E-state index in [0.29, 0.717) is 22.2 Å². The van der Waals surface area contributed by atoms with Crippen molar-refractivity contribution in [3.8, 4) is 0 Å². The van der Waals surface area contributed by atoms with E-state index in [9.17, 15) is 23.3 Å². The number of nitrogens with zero attached hydrogens (tertiary/aromatic N) is 6. The van der Waals surface area contributed by atoms with Crippen LogP contribution in [-0.2, 0) is 10.0 Å². The first-order valence-corrected chi connectivity index (χ1v) is 10.4. The van der Waals surface area contributed by atoms with Crippen molar-refractivity contribution in [1.29, 1.82) is 0 Å². The lowest BCUT2D eigenvalue weighted by molar-refractivity contribution is -0.385. The number of amides is 1. The molecule has 11 nitrogen and oxygen atoms in total. The first-order chi connectivity index (χ1) is 14.5. The molecular weight excluding hydrogens is 424 g/mol. The first-order valence-electron chi connectivity index (χ1n) is 8.99. The average Bonchev–Trinajstić information content (AvgIpc) is 3.13. The van der Waals surface area contributed by atoms with Gasteiger partial charge in [-0.3, -0.25) is 14.9 Å². The molecule has 12 heteroatoms. The normalized spacial score (nSPS) is 11.7. The van der Waals surface area contributed by atoms with Crippen molar-refractivity contribution in [2.45, 2.75) is 11.8 Å². The summed E-state index contributed by atoms with van der Waals surface area (Å²) in [5.74, 6) is -0.188. The molecule has 1 aromatic carbocycles. The Bertz CT molecular complexity index is 1310. The number of hydrazone groups is 1. The van der Waals surface area contributed by atoms with Crippen molar-refractivity contribution in [3.05, 3.63) is 69.5 Å². The van der Waals surface area contributed by atoms with Gasteiger partial charge < -0.3 is 4.90 Å². The number of aromatic nitrogens is 2. The minimum Gasteiger partial charge on any atom is -0.345 e. The summed E-state index contributed by atoms with van der Waals surface area (Å²) in [6.07, 6.45) is 4.41. The van der Waals surface area contributed by atoms with Gasteiger partial charge in [0.15, 0.2) is 0 Å². The molecule has 0 fully saturated rings. The van der Waals surface area contributed by atoms with Crippen LogP contribution in [0.1, 0.15) is 21.5 Å². The lowest BCUT2D eigenvalue weighted by Crippen LogP contribution is -2.23. The molecule has 0 radical (unpaired) electrons. The Morgan fingerprint density at radius 2 is 1.94 bits per heavy atom. The summed E-state index contributed by atoms with van der Waals surface area (Å²) >= 11 is 0. The molecule has 0 atom stereocenters. The van der Waals surface area contributed by atoms with E-state index in [1.807, 2.05) is 0 Å². The Balaban J connectivity index is 1.95. The number of carbonyl (C=O) groups excluding carboxylic acids is 1. The summed E-state index contributed by atoms with van der Waals surface area (Å²) in [6, 6.07) is 6.88. The van der Waals surface area contributed by atoms with Crippen LogP contribution in [0.25, 0.3) is 5.52 Å². The maximum atomic E-state index is 12.9. The average molecular weight is 444 g/mol. The second kappa shape index (κ2) is 8.14. The van der Waals surface area contributed by atoms with Gasteiger partial charge in [-0.05, 0) is 24.6 Å². The van der Waals surface area contributed by atoms with Gasteiger partial charge in [-0.2, -0.15) is 23.0 Å². The monoisotopic (exact) mass is 444 g/mol.